The van der Waals surface area contributed by atoms with Gasteiger partial charge in [0, 0.05) is 20.4 Å². The lowest BCUT2D eigenvalue weighted by molar-refractivity contribution is 0.636. The molecule has 0 spiro atoms. The lowest BCUT2D eigenvalue weighted by Crippen LogP contribution is -1.75. The van der Waals surface area contributed by atoms with E-state index in [9.17, 15) is 4.39 Å². The minimum Gasteiger partial charge on any atom is -0.205 e. The fraction of sp³-hybridized carbons (Fsp3) is 0.111. The van der Waals surface area contributed by atoms with Crippen LogP contribution in [0.5, 0.6) is 0 Å². The van der Waals surface area contributed by atoms with E-state index in [1.807, 2.05) is 6.07 Å². The fourth-order valence-corrected chi connectivity index (χ4v) is 2.85. The number of alkyl halides is 1. The molecule has 0 saturated carbocycles. The summed E-state index contributed by atoms with van der Waals surface area (Å²) < 4.78 is 14.5. The smallest absolute Gasteiger partial charge is 0.145 e. The van der Waals surface area contributed by atoms with Gasteiger partial charge in [-0.25, -0.2) is 4.39 Å². The van der Waals surface area contributed by atoms with Crippen LogP contribution in [-0.4, -0.2) is 0 Å². The number of hydrogen-bond donors (Lipinski definition) is 0. The Labute approximate surface area is 92.5 Å². The molecule has 0 aliphatic heterocycles. The third kappa shape index (κ3) is 1.60. The second kappa shape index (κ2) is 3.56. The summed E-state index contributed by atoms with van der Waals surface area (Å²) in [5.41, 5.74) is 0. The average Bonchev–Trinajstić information content (AvgIpc) is 2.44. The van der Waals surface area contributed by atoms with Crippen molar-refractivity contribution < 1.29 is 4.39 Å². The average molecular weight is 280 g/mol. The van der Waals surface area contributed by atoms with Crippen molar-refractivity contribution in [1.82, 2.24) is 0 Å². The van der Waals surface area contributed by atoms with E-state index in [0.717, 1.165) is 9.58 Å². The summed E-state index contributed by atoms with van der Waals surface area (Å²) in [6.07, 6.45) is 0. The quantitative estimate of drug-likeness (QED) is 0.670. The lowest BCUT2D eigenvalue weighted by Gasteiger charge is -1.90. The van der Waals surface area contributed by atoms with Gasteiger partial charge in [0.1, 0.15) is 5.82 Å². The monoisotopic (exact) mass is 278 g/mol. The van der Waals surface area contributed by atoms with E-state index in [2.05, 4.69) is 15.9 Å². The fourth-order valence-electron chi connectivity index (χ4n) is 1.18. The normalized spacial score (nSPS) is 11.0. The SMILES string of the molecule is Fc1c(CBr)sc2ccc(Cl)cc12. The van der Waals surface area contributed by atoms with Crippen LogP contribution in [0.3, 0.4) is 0 Å². The minimum absolute atomic E-state index is 0.153. The molecule has 0 radical (unpaired) electrons. The van der Waals surface area contributed by atoms with Gasteiger partial charge in [-0.1, -0.05) is 27.5 Å². The van der Waals surface area contributed by atoms with Gasteiger partial charge in [-0.2, -0.15) is 0 Å². The van der Waals surface area contributed by atoms with E-state index in [-0.39, 0.29) is 5.82 Å². The molecule has 13 heavy (non-hydrogen) atoms. The van der Waals surface area contributed by atoms with Crippen LogP contribution < -0.4 is 0 Å². The predicted molar refractivity (Wildman–Crippen MR) is 59.4 cm³/mol. The van der Waals surface area contributed by atoms with Crippen LogP contribution in [0.1, 0.15) is 4.88 Å². The van der Waals surface area contributed by atoms with Gasteiger partial charge >= 0.3 is 0 Å². The molecular formula is C9H5BrClFS. The van der Waals surface area contributed by atoms with Gasteiger partial charge in [0.25, 0.3) is 0 Å². The number of rotatable bonds is 1. The zero-order chi connectivity index (χ0) is 9.42. The molecule has 1 aromatic heterocycles. The topological polar surface area (TPSA) is 0 Å². The van der Waals surface area contributed by atoms with Crippen LogP contribution in [0.2, 0.25) is 5.02 Å². The summed E-state index contributed by atoms with van der Waals surface area (Å²) in [7, 11) is 0. The number of hydrogen-bond acceptors (Lipinski definition) is 1. The van der Waals surface area contributed by atoms with Crippen LogP contribution in [0, 0.1) is 5.82 Å². The summed E-state index contributed by atoms with van der Waals surface area (Å²) in [6.45, 7) is 0. The summed E-state index contributed by atoms with van der Waals surface area (Å²) >= 11 is 10.5. The summed E-state index contributed by atoms with van der Waals surface area (Å²) in [4.78, 5) is 0.720. The van der Waals surface area contributed by atoms with Crippen molar-refractivity contribution in [3.05, 3.63) is 33.9 Å². The first kappa shape index (κ1) is 9.44. The lowest BCUT2D eigenvalue weighted by atomic mass is 10.2. The second-order valence-corrected chi connectivity index (χ2v) is 4.75. The molecule has 0 saturated heterocycles. The van der Waals surface area contributed by atoms with Crippen molar-refractivity contribution in [2.75, 3.05) is 0 Å². The van der Waals surface area contributed by atoms with Crippen LogP contribution in [-0.2, 0) is 5.33 Å². The maximum atomic E-state index is 13.5. The maximum absolute atomic E-state index is 13.5. The molecule has 2 aromatic rings. The molecule has 0 aliphatic carbocycles. The molecule has 0 N–H and O–H groups in total. The minimum atomic E-state index is -0.153. The van der Waals surface area contributed by atoms with Crippen LogP contribution in [0.25, 0.3) is 10.1 Å². The van der Waals surface area contributed by atoms with Gasteiger partial charge in [0.15, 0.2) is 0 Å². The van der Waals surface area contributed by atoms with Gasteiger partial charge in [0.2, 0.25) is 0 Å². The molecule has 0 amide bonds. The van der Waals surface area contributed by atoms with Crippen LogP contribution >= 0.6 is 38.9 Å². The van der Waals surface area contributed by atoms with Crippen molar-refractivity contribution in [3.8, 4) is 0 Å². The van der Waals surface area contributed by atoms with Crippen LogP contribution in [0.4, 0.5) is 4.39 Å². The molecule has 4 heteroatoms. The second-order valence-electron chi connectivity index (χ2n) is 2.61. The van der Waals surface area contributed by atoms with Crippen molar-refractivity contribution in [3.63, 3.8) is 0 Å². The maximum Gasteiger partial charge on any atom is 0.145 e. The van der Waals surface area contributed by atoms with Crippen molar-refractivity contribution in [2.45, 2.75) is 5.33 Å². The molecule has 0 atom stereocenters. The number of benzene rings is 1. The standard InChI is InChI=1S/C9H5BrClFS/c10-4-8-9(12)6-3-5(11)1-2-7(6)13-8/h1-3H,4H2. The third-order valence-corrected chi connectivity index (χ3v) is 4.09. The van der Waals surface area contributed by atoms with E-state index in [4.69, 9.17) is 11.6 Å². The Morgan fingerprint density at radius 3 is 2.92 bits per heavy atom. The molecule has 0 bridgehead atoms. The van der Waals surface area contributed by atoms with Gasteiger partial charge in [-0.3, -0.25) is 0 Å². The highest BCUT2D eigenvalue weighted by molar-refractivity contribution is 9.08. The molecule has 0 aliphatic rings. The Morgan fingerprint density at radius 2 is 2.23 bits per heavy atom. The molecule has 1 aromatic carbocycles. The highest BCUT2D eigenvalue weighted by atomic mass is 79.9. The van der Waals surface area contributed by atoms with E-state index in [1.165, 1.54) is 11.3 Å². The van der Waals surface area contributed by atoms with Crippen molar-refractivity contribution in [1.29, 1.82) is 0 Å². The predicted octanol–water partition coefficient (Wildman–Crippen LogP) is 4.59. The Morgan fingerprint density at radius 1 is 1.46 bits per heavy atom. The molecule has 0 fully saturated rings. The van der Waals surface area contributed by atoms with E-state index in [1.54, 1.807) is 12.1 Å². The van der Waals surface area contributed by atoms with Crippen molar-refractivity contribution >= 4 is 49.0 Å². The first-order valence-electron chi connectivity index (χ1n) is 3.65. The van der Waals surface area contributed by atoms with Gasteiger partial charge < -0.3 is 0 Å². The summed E-state index contributed by atoms with van der Waals surface area (Å²) in [6, 6.07) is 5.28. The largest absolute Gasteiger partial charge is 0.205 e. The number of halogens is 3. The number of fused-ring (bicyclic) bond motifs is 1. The number of thiophene rings is 1. The molecule has 0 unspecified atom stereocenters. The van der Waals surface area contributed by atoms with E-state index < -0.39 is 0 Å². The summed E-state index contributed by atoms with van der Waals surface area (Å²) in [5.74, 6) is -0.153. The first-order chi connectivity index (χ1) is 6.22. The zero-order valence-electron chi connectivity index (χ0n) is 6.48. The van der Waals surface area contributed by atoms with E-state index in [0.29, 0.717) is 15.7 Å². The molecular weight excluding hydrogens is 275 g/mol. The Kier molecular flexibility index (Phi) is 2.58. The third-order valence-electron chi connectivity index (χ3n) is 1.78. The van der Waals surface area contributed by atoms with Gasteiger partial charge in [0.05, 0.1) is 4.88 Å². The van der Waals surface area contributed by atoms with Crippen LogP contribution in [0.15, 0.2) is 18.2 Å². The molecule has 1 heterocycles. The first-order valence-corrected chi connectivity index (χ1v) is 5.96. The Hall–Kier alpha value is -0.120. The van der Waals surface area contributed by atoms with Gasteiger partial charge in [-0.15, -0.1) is 11.3 Å². The van der Waals surface area contributed by atoms with E-state index >= 15 is 0 Å². The van der Waals surface area contributed by atoms with Crippen molar-refractivity contribution in [2.24, 2.45) is 0 Å². The molecule has 0 nitrogen and oxygen atoms in total. The zero-order valence-corrected chi connectivity index (χ0v) is 9.64. The Bertz CT molecular complexity index is 452. The van der Waals surface area contributed by atoms with Gasteiger partial charge in [-0.05, 0) is 18.2 Å². The summed E-state index contributed by atoms with van der Waals surface area (Å²) in [5, 5.41) is 1.74. The Balaban J connectivity index is 2.77. The molecule has 68 valence electrons. The highest BCUT2D eigenvalue weighted by Gasteiger charge is 2.10. The molecule has 2 rings (SSSR count). The highest BCUT2D eigenvalue weighted by Crippen LogP contribution is 2.32.